The van der Waals surface area contributed by atoms with E-state index in [0.717, 1.165) is 10.2 Å². The van der Waals surface area contributed by atoms with Gasteiger partial charge >= 0.3 is 0 Å². The van der Waals surface area contributed by atoms with Crippen molar-refractivity contribution in [2.45, 2.75) is 17.2 Å². The molecular formula is C8H5BrClN3OS. The molecule has 0 aliphatic carbocycles. The molecule has 7 heteroatoms. The molecule has 2 heterocycles. The fourth-order valence-electron chi connectivity index (χ4n) is 0.865. The van der Waals surface area contributed by atoms with Crippen LogP contribution in [0.4, 0.5) is 0 Å². The molecule has 78 valence electrons. The van der Waals surface area contributed by atoms with Crippen LogP contribution in [0.1, 0.15) is 5.69 Å². The maximum atomic E-state index is 5.68. The highest BCUT2D eigenvalue weighted by molar-refractivity contribution is 9.10. The van der Waals surface area contributed by atoms with Gasteiger partial charge < -0.3 is 4.42 Å². The summed E-state index contributed by atoms with van der Waals surface area (Å²) in [5.41, 5.74) is 0.828. The normalized spacial score (nSPS) is 10.6. The van der Waals surface area contributed by atoms with Gasteiger partial charge in [-0.15, -0.1) is 0 Å². The molecule has 4 nitrogen and oxygen atoms in total. The summed E-state index contributed by atoms with van der Waals surface area (Å²) in [4.78, 5) is 12.0. The van der Waals surface area contributed by atoms with Gasteiger partial charge in [-0.3, -0.25) is 0 Å². The fraction of sp³-hybridized carbons (Fsp3) is 0.125. The van der Waals surface area contributed by atoms with Gasteiger partial charge in [-0.25, -0.2) is 15.0 Å². The highest BCUT2D eigenvalue weighted by Crippen LogP contribution is 2.31. The molecular weight excluding hydrogens is 302 g/mol. The quantitative estimate of drug-likeness (QED) is 0.629. The number of oxazole rings is 1. The molecule has 0 saturated carbocycles. The van der Waals surface area contributed by atoms with Crippen LogP contribution in [0.15, 0.2) is 31.6 Å². The van der Waals surface area contributed by atoms with Gasteiger partial charge in [0.2, 0.25) is 5.28 Å². The van der Waals surface area contributed by atoms with Crippen LogP contribution in [-0.2, 0) is 0 Å². The largest absolute Gasteiger partial charge is 0.439 e. The van der Waals surface area contributed by atoms with E-state index >= 15 is 0 Å². The molecule has 0 aliphatic rings. The molecule has 0 amide bonds. The molecule has 0 aromatic carbocycles. The van der Waals surface area contributed by atoms with Crippen LogP contribution in [-0.4, -0.2) is 15.0 Å². The first-order valence-corrected chi connectivity index (χ1v) is 5.92. The van der Waals surface area contributed by atoms with Gasteiger partial charge in [-0.05, 0) is 46.2 Å². The third-order valence-electron chi connectivity index (χ3n) is 1.46. The molecule has 0 aliphatic heterocycles. The van der Waals surface area contributed by atoms with E-state index in [2.05, 4.69) is 30.9 Å². The predicted molar refractivity (Wildman–Crippen MR) is 60.1 cm³/mol. The molecule has 2 rings (SSSR count). The molecule has 2 aromatic heterocycles. The zero-order valence-corrected chi connectivity index (χ0v) is 10.7. The Kier molecular flexibility index (Phi) is 3.28. The summed E-state index contributed by atoms with van der Waals surface area (Å²) in [7, 11) is 0. The maximum absolute atomic E-state index is 5.68. The van der Waals surface area contributed by atoms with E-state index in [1.54, 1.807) is 12.5 Å². The van der Waals surface area contributed by atoms with Crippen LogP contribution in [0.2, 0.25) is 5.28 Å². The zero-order chi connectivity index (χ0) is 10.8. The predicted octanol–water partition coefficient (Wildman–Crippen LogP) is 3.34. The van der Waals surface area contributed by atoms with Crippen molar-refractivity contribution in [1.29, 1.82) is 0 Å². The van der Waals surface area contributed by atoms with Gasteiger partial charge in [-0.1, -0.05) is 0 Å². The first kappa shape index (κ1) is 10.9. The van der Waals surface area contributed by atoms with Crippen LogP contribution in [0.3, 0.4) is 0 Å². The van der Waals surface area contributed by atoms with Gasteiger partial charge in [0.15, 0.2) is 0 Å². The smallest absolute Gasteiger partial charge is 0.262 e. The van der Waals surface area contributed by atoms with Gasteiger partial charge in [0, 0.05) is 6.20 Å². The van der Waals surface area contributed by atoms with Crippen molar-refractivity contribution in [3.8, 4) is 0 Å². The van der Waals surface area contributed by atoms with Crippen molar-refractivity contribution >= 4 is 39.3 Å². The lowest BCUT2D eigenvalue weighted by Crippen LogP contribution is -1.86. The Labute approximate surface area is 104 Å². The van der Waals surface area contributed by atoms with E-state index in [0.29, 0.717) is 10.2 Å². The summed E-state index contributed by atoms with van der Waals surface area (Å²) in [5.74, 6) is 0. The van der Waals surface area contributed by atoms with Crippen molar-refractivity contribution in [3.63, 3.8) is 0 Å². The second kappa shape index (κ2) is 4.51. The Balaban J connectivity index is 2.27. The van der Waals surface area contributed by atoms with E-state index in [1.807, 2.05) is 6.92 Å². The molecule has 0 radical (unpaired) electrons. The average Bonchev–Trinajstić information content (AvgIpc) is 2.58. The van der Waals surface area contributed by atoms with E-state index in [1.165, 1.54) is 11.8 Å². The number of hydrogen-bond acceptors (Lipinski definition) is 5. The summed E-state index contributed by atoms with van der Waals surface area (Å²) in [5, 5.41) is 1.41. The van der Waals surface area contributed by atoms with Crippen LogP contribution in [0.25, 0.3) is 0 Å². The lowest BCUT2D eigenvalue weighted by atomic mass is 10.6. The maximum Gasteiger partial charge on any atom is 0.262 e. The molecule has 0 spiro atoms. The molecule has 0 N–H and O–H groups in total. The second-order valence-corrected chi connectivity index (χ2v) is 4.78. The third kappa shape index (κ3) is 2.70. The summed E-state index contributed by atoms with van der Waals surface area (Å²) < 4.78 is 5.95. The van der Waals surface area contributed by atoms with Crippen LogP contribution >= 0.6 is 39.3 Å². The summed E-state index contributed by atoms with van der Waals surface area (Å²) in [6.45, 7) is 1.86. The first-order valence-electron chi connectivity index (χ1n) is 3.93. The Morgan fingerprint density at radius 3 is 2.93 bits per heavy atom. The lowest BCUT2D eigenvalue weighted by molar-refractivity contribution is 0.453. The average molecular weight is 307 g/mol. The molecule has 0 unspecified atom stereocenters. The van der Waals surface area contributed by atoms with Gasteiger partial charge in [0.25, 0.3) is 5.22 Å². The van der Waals surface area contributed by atoms with Crippen molar-refractivity contribution in [2.75, 3.05) is 0 Å². The minimum absolute atomic E-state index is 0.198. The first-order chi connectivity index (χ1) is 7.15. The van der Waals surface area contributed by atoms with E-state index in [9.17, 15) is 0 Å². The third-order valence-corrected chi connectivity index (χ3v) is 3.36. The van der Waals surface area contributed by atoms with Gasteiger partial charge in [-0.2, -0.15) is 0 Å². The summed E-state index contributed by atoms with van der Waals surface area (Å²) >= 11 is 10.3. The molecule has 0 bridgehead atoms. The number of aromatic nitrogens is 3. The molecule has 0 atom stereocenters. The van der Waals surface area contributed by atoms with Crippen molar-refractivity contribution in [1.82, 2.24) is 15.0 Å². The standard InChI is InChI=1S/C8H5BrClN3OS/c1-4-3-14-8(12-4)15-6-5(9)2-11-7(10)13-6/h2-3H,1H3. The number of rotatable bonds is 2. The highest BCUT2D eigenvalue weighted by Gasteiger charge is 2.09. The number of hydrogen-bond donors (Lipinski definition) is 0. The summed E-state index contributed by atoms with van der Waals surface area (Å²) in [6, 6.07) is 0. The van der Waals surface area contributed by atoms with Crippen molar-refractivity contribution in [2.24, 2.45) is 0 Å². The SMILES string of the molecule is Cc1coc(Sc2nc(Cl)ncc2Br)n1. The minimum Gasteiger partial charge on any atom is -0.439 e. The zero-order valence-electron chi connectivity index (χ0n) is 7.57. The number of halogens is 2. The minimum atomic E-state index is 0.198. The molecule has 2 aromatic rings. The Bertz CT molecular complexity index is 490. The number of aryl methyl sites for hydroxylation is 1. The number of nitrogens with zero attached hydrogens (tertiary/aromatic N) is 3. The lowest BCUT2D eigenvalue weighted by Gasteiger charge is -1.98. The Morgan fingerprint density at radius 2 is 2.27 bits per heavy atom. The molecule has 15 heavy (non-hydrogen) atoms. The van der Waals surface area contributed by atoms with E-state index < -0.39 is 0 Å². The molecule has 0 fully saturated rings. The van der Waals surface area contributed by atoms with Crippen LogP contribution in [0.5, 0.6) is 0 Å². The summed E-state index contributed by atoms with van der Waals surface area (Å²) in [6.07, 6.45) is 3.17. The topological polar surface area (TPSA) is 51.8 Å². The second-order valence-electron chi connectivity index (χ2n) is 2.65. The van der Waals surface area contributed by atoms with Crippen LogP contribution < -0.4 is 0 Å². The van der Waals surface area contributed by atoms with Crippen LogP contribution in [0, 0.1) is 6.92 Å². The Morgan fingerprint density at radius 1 is 1.47 bits per heavy atom. The van der Waals surface area contributed by atoms with Crippen molar-refractivity contribution < 1.29 is 4.42 Å². The Hall–Kier alpha value is -0.590. The van der Waals surface area contributed by atoms with E-state index in [4.69, 9.17) is 16.0 Å². The monoisotopic (exact) mass is 305 g/mol. The fourth-order valence-corrected chi connectivity index (χ4v) is 2.22. The molecule has 0 saturated heterocycles. The van der Waals surface area contributed by atoms with Gasteiger partial charge in [0.1, 0.15) is 11.3 Å². The van der Waals surface area contributed by atoms with Gasteiger partial charge in [0.05, 0.1) is 10.2 Å². The highest BCUT2D eigenvalue weighted by atomic mass is 79.9. The van der Waals surface area contributed by atoms with E-state index in [-0.39, 0.29) is 5.28 Å². The van der Waals surface area contributed by atoms with Crippen molar-refractivity contribution in [3.05, 3.63) is 27.9 Å².